The summed E-state index contributed by atoms with van der Waals surface area (Å²) in [7, 11) is 3.34. The first kappa shape index (κ1) is 15.4. The molecule has 0 amide bonds. The second-order valence-corrected chi connectivity index (χ2v) is 10.1. The van der Waals surface area contributed by atoms with Gasteiger partial charge in [0.05, 0.1) is 0 Å². The molecule has 10 heteroatoms. The van der Waals surface area contributed by atoms with Crippen LogP contribution in [-0.4, -0.2) is 28.6 Å². The van der Waals surface area contributed by atoms with Crippen molar-refractivity contribution in [3.8, 4) is 6.07 Å². The molecule has 0 saturated carbocycles. The fourth-order valence-electron chi connectivity index (χ4n) is 1.08. The van der Waals surface area contributed by atoms with Gasteiger partial charge in [-0.2, -0.15) is 10.0 Å². The monoisotopic (exact) mass is 352 g/mol. The second-order valence-electron chi connectivity index (χ2n) is 3.21. The summed E-state index contributed by atoms with van der Waals surface area (Å²) in [5, 5.41) is 9.09. The zero-order valence-electron chi connectivity index (χ0n) is 8.63. The molecule has 17 heavy (non-hydrogen) atoms. The summed E-state index contributed by atoms with van der Waals surface area (Å²) in [4.78, 5) is 1.56. The number of halogens is 5. The maximum atomic E-state index is 9.09. The van der Waals surface area contributed by atoms with Crippen LogP contribution in [0, 0.1) is 11.3 Å². The Morgan fingerprint density at radius 1 is 1.29 bits per heavy atom. The van der Waals surface area contributed by atoms with E-state index < -0.39 is 9.70 Å². The summed E-state index contributed by atoms with van der Waals surface area (Å²) in [5.74, 6) is -2.74. The summed E-state index contributed by atoms with van der Waals surface area (Å²) >= 11 is 29.0. The lowest BCUT2D eigenvalue weighted by Gasteiger charge is -2.24. The number of hydrogen-bond donors (Lipinski definition) is 0. The van der Waals surface area contributed by atoms with Gasteiger partial charge in [0.15, 0.2) is 5.84 Å². The molecule has 1 heterocycles. The minimum Gasteiger partial charge on any atom is -0.362 e. The zero-order valence-corrected chi connectivity index (χ0v) is 13.3. The minimum atomic E-state index is -3.00. The Labute approximate surface area is 123 Å². The van der Waals surface area contributed by atoms with E-state index in [9.17, 15) is 0 Å². The van der Waals surface area contributed by atoms with Gasteiger partial charge in [0, 0.05) is 14.1 Å². The highest BCUT2D eigenvalue weighted by atomic mass is 35.9. The van der Waals surface area contributed by atoms with Gasteiger partial charge >= 0.3 is 0 Å². The van der Waals surface area contributed by atoms with Crippen LogP contribution in [0.2, 0.25) is 0 Å². The number of allylic oxidation sites excluding steroid dienone is 1. The molecule has 4 nitrogen and oxygen atoms in total. The Balaban J connectivity index is 3.59. The third-order valence-corrected chi connectivity index (χ3v) is 4.01. The Bertz CT molecular complexity index is 489. The summed E-state index contributed by atoms with van der Waals surface area (Å²) in [5.41, 5.74) is -0.0334. The standard InChI is InChI=1S/C7H6Cl5N4P/c1-16(2)6-4(3-13)5(7(8,9)10)14-17(11,12)15-6/h1-2H3. The Morgan fingerprint density at radius 3 is 2.18 bits per heavy atom. The van der Waals surface area contributed by atoms with Crippen molar-refractivity contribution in [2.75, 3.05) is 14.1 Å². The maximum absolute atomic E-state index is 9.09. The molecule has 0 saturated heterocycles. The molecule has 0 atom stereocenters. The van der Waals surface area contributed by atoms with Gasteiger partial charge in [-0.25, -0.2) is 4.74 Å². The van der Waals surface area contributed by atoms with Crippen LogP contribution in [0.1, 0.15) is 0 Å². The third-order valence-electron chi connectivity index (χ3n) is 1.70. The molecule has 0 aromatic rings. The van der Waals surface area contributed by atoms with Crippen LogP contribution >= 0.6 is 63.2 Å². The van der Waals surface area contributed by atoms with Crippen LogP contribution in [0.5, 0.6) is 0 Å². The predicted molar refractivity (Wildman–Crippen MR) is 75.1 cm³/mol. The topological polar surface area (TPSA) is 51.8 Å². The number of amidine groups is 1. The first-order chi connectivity index (χ1) is 7.58. The van der Waals surface area contributed by atoms with E-state index in [1.165, 1.54) is 0 Å². The Kier molecular flexibility index (Phi) is 4.69. The molecule has 0 fully saturated rings. The average Bonchev–Trinajstić information content (AvgIpc) is 2.13. The summed E-state index contributed by atoms with van der Waals surface area (Å²) in [6.45, 7) is 0. The largest absolute Gasteiger partial charge is 0.362 e. The number of hydrogen-bond acceptors (Lipinski definition) is 4. The van der Waals surface area contributed by atoms with Crippen LogP contribution in [-0.2, 0) is 0 Å². The molecule has 1 aliphatic rings. The van der Waals surface area contributed by atoms with Gasteiger partial charge in [-0.05, 0) is 22.5 Å². The third kappa shape index (κ3) is 3.67. The first-order valence-corrected chi connectivity index (χ1v) is 8.73. The predicted octanol–water partition coefficient (Wildman–Crippen LogP) is 4.53. The number of rotatable bonds is 0. The maximum Gasteiger partial charge on any atom is 0.255 e. The number of nitriles is 1. The molecular formula is C7H6Cl5N4P. The summed E-state index contributed by atoms with van der Waals surface area (Å²) in [6.07, 6.45) is 0. The van der Waals surface area contributed by atoms with Crippen LogP contribution in [0.15, 0.2) is 20.8 Å². The highest BCUT2D eigenvalue weighted by molar-refractivity contribution is 8.09. The fraction of sp³-hybridized carbons (Fsp3) is 0.429. The highest BCUT2D eigenvalue weighted by Crippen LogP contribution is 2.65. The molecule has 0 unspecified atom stereocenters. The van der Waals surface area contributed by atoms with E-state index in [2.05, 4.69) is 9.51 Å². The lowest BCUT2D eigenvalue weighted by molar-refractivity contribution is 0.624. The van der Waals surface area contributed by atoms with E-state index in [0.29, 0.717) is 0 Å². The first-order valence-electron chi connectivity index (χ1n) is 4.09. The van der Waals surface area contributed by atoms with Crippen molar-refractivity contribution in [2.24, 2.45) is 9.51 Å². The van der Waals surface area contributed by atoms with Gasteiger partial charge < -0.3 is 4.90 Å². The van der Waals surface area contributed by atoms with Gasteiger partial charge in [-0.1, -0.05) is 34.8 Å². The SMILES string of the molecule is CN(C)C1=NP(Cl)(Cl)=NC(C(Cl)(Cl)Cl)=C1C#N. The average molecular weight is 354 g/mol. The van der Waals surface area contributed by atoms with Crippen LogP contribution < -0.4 is 0 Å². The number of alkyl halides is 3. The quantitative estimate of drug-likeness (QED) is 0.474. The van der Waals surface area contributed by atoms with Gasteiger partial charge in [0.1, 0.15) is 17.3 Å². The smallest absolute Gasteiger partial charge is 0.255 e. The van der Waals surface area contributed by atoms with Crippen molar-refractivity contribution in [1.82, 2.24) is 4.90 Å². The van der Waals surface area contributed by atoms with Crippen LogP contribution in [0.25, 0.3) is 0 Å². The molecule has 0 aliphatic carbocycles. The van der Waals surface area contributed by atoms with Crippen molar-refractivity contribution in [2.45, 2.75) is 3.79 Å². The van der Waals surface area contributed by atoms with Gasteiger partial charge in [0.2, 0.25) is 3.79 Å². The van der Waals surface area contributed by atoms with Crippen molar-refractivity contribution in [3.05, 3.63) is 11.3 Å². The Morgan fingerprint density at radius 2 is 1.82 bits per heavy atom. The molecule has 94 valence electrons. The van der Waals surface area contributed by atoms with E-state index in [1.807, 2.05) is 6.07 Å². The van der Waals surface area contributed by atoms with Crippen LogP contribution in [0.3, 0.4) is 0 Å². The molecule has 0 aromatic carbocycles. The Hall–Kier alpha value is 0.380. The second kappa shape index (κ2) is 5.17. The van der Waals surface area contributed by atoms with Crippen molar-refractivity contribution in [1.29, 1.82) is 5.26 Å². The minimum absolute atomic E-state index is 0.0481. The molecule has 0 radical (unpaired) electrons. The lowest BCUT2D eigenvalue weighted by atomic mass is 10.2. The number of nitrogens with zero attached hydrogens (tertiary/aromatic N) is 4. The normalized spacial score (nSPS) is 19.3. The van der Waals surface area contributed by atoms with Gasteiger partial charge in [-0.15, -0.1) is 0 Å². The van der Waals surface area contributed by atoms with E-state index in [1.54, 1.807) is 19.0 Å². The van der Waals surface area contributed by atoms with E-state index in [-0.39, 0.29) is 17.1 Å². The lowest BCUT2D eigenvalue weighted by Crippen LogP contribution is -2.27. The van der Waals surface area contributed by atoms with Crippen molar-refractivity contribution >= 4 is 69.0 Å². The van der Waals surface area contributed by atoms with E-state index in [4.69, 9.17) is 62.5 Å². The van der Waals surface area contributed by atoms with Crippen LogP contribution in [0.4, 0.5) is 0 Å². The van der Waals surface area contributed by atoms with E-state index >= 15 is 0 Å². The molecule has 0 N–H and O–H groups in total. The molecule has 0 bridgehead atoms. The fourth-order valence-corrected chi connectivity index (χ4v) is 3.59. The molecule has 0 spiro atoms. The summed E-state index contributed by atoms with van der Waals surface area (Å²) in [6, 6.07) is 1.89. The molecule has 0 aromatic heterocycles. The molecule has 1 rings (SSSR count). The molecular weight excluding hydrogens is 348 g/mol. The zero-order chi connectivity index (χ0) is 13.4. The van der Waals surface area contributed by atoms with E-state index in [0.717, 1.165) is 0 Å². The van der Waals surface area contributed by atoms with Crippen molar-refractivity contribution < 1.29 is 0 Å². The van der Waals surface area contributed by atoms with Gasteiger partial charge in [-0.3, -0.25) is 0 Å². The number of likely N-dealkylation sites (N-methyl/N-ethyl adjacent to an activating group) is 1. The van der Waals surface area contributed by atoms with Crippen molar-refractivity contribution in [3.63, 3.8) is 0 Å². The van der Waals surface area contributed by atoms with Gasteiger partial charge in [0.25, 0.3) is 5.91 Å². The highest BCUT2D eigenvalue weighted by Gasteiger charge is 2.37. The molecule has 1 aliphatic heterocycles. The summed E-state index contributed by atoms with van der Waals surface area (Å²) < 4.78 is 5.97.